The number of thiophene rings is 1. The topological polar surface area (TPSA) is 45.7 Å². The zero-order chi connectivity index (χ0) is 20.8. The van der Waals surface area contributed by atoms with Gasteiger partial charge in [0, 0.05) is 32.1 Å². The first-order valence-corrected chi connectivity index (χ1v) is 12.0. The van der Waals surface area contributed by atoms with E-state index in [1.165, 1.54) is 16.7 Å². The largest absolute Gasteiger partial charge is 0.356 e. The number of rotatable bonds is 3. The first kappa shape index (κ1) is 19.0. The fourth-order valence-electron chi connectivity index (χ4n) is 5.34. The number of benzene rings is 1. The van der Waals surface area contributed by atoms with Crippen LogP contribution in [0.2, 0.25) is 0 Å². The van der Waals surface area contributed by atoms with Gasteiger partial charge < -0.3 is 14.5 Å². The average Bonchev–Trinajstić information content (AvgIpc) is 3.55. The van der Waals surface area contributed by atoms with Crippen LogP contribution in [0.15, 0.2) is 65.5 Å². The molecule has 6 heteroatoms. The van der Waals surface area contributed by atoms with Crippen LogP contribution in [0.1, 0.15) is 37.3 Å². The Morgan fingerprint density at radius 3 is 2.65 bits per heavy atom. The normalized spacial score (nSPS) is 24.7. The molecule has 0 radical (unpaired) electrons. The van der Waals surface area contributed by atoms with Gasteiger partial charge in [-0.3, -0.25) is 4.79 Å². The van der Waals surface area contributed by atoms with E-state index in [1.807, 2.05) is 17.2 Å². The number of fused-ring (bicyclic) bond motifs is 1. The van der Waals surface area contributed by atoms with Crippen molar-refractivity contribution in [2.24, 2.45) is 0 Å². The van der Waals surface area contributed by atoms with Crippen LogP contribution in [0, 0.1) is 0 Å². The van der Waals surface area contributed by atoms with Crippen LogP contribution in [-0.4, -0.2) is 40.7 Å². The van der Waals surface area contributed by atoms with Crippen molar-refractivity contribution in [2.75, 3.05) is 18.0 Å². The van der Waals surface area contributed by atoms with Gasteiger partial charge in [0.25, 0.3) is 5.91 Å². The fraction of sp³-hybridized carbons (Fsp3) is 0.360. The van der Waals surface area contributed by atoms with Crippen LogP contribution in [0.5, 0.6) is 0 Å². The molecule has 0 bridgehead atoms. The second-order valence-electron chi connectivity index (χ2n) is 8.68. The van der Waals surface area contributed by atoms with E-state index in [0.29, 0.717) is 12.8 Å². The highest BCUT2D eigenvalue weighted by atomic mass is 32.1. The SMILES string of the molecule is O=C1N2[C@@H](CC[C@H]2c2ccccc2)OC12CCN(c1cc(-c3ccsc3)ccn1)CC2. The standard InChI is InChI=1S/C25H25N3O2S/c29-24-25(30-23-7-6-21(28(23)24)18-4-2-1-3-5-18)10-13-27(14-11-25)22-16-19(8-12-26-22)20-9-15-31-17-20/h1-5,8-9,12,15-17,21,23H,6-7,10-11,13-14H2/t21-,23+/m0/s1. The molecule has 5 nitrogen and oxygen atoms in total. The summed E-state index contributed by atoms with van der Waals surface area (Å²) in [7, 11) is 0. The molecular weight excluding hydrogens is 406 g/mol. The van der Waals surface area contributed by atoms with Crippen LogP contribution < -0.4 is 4.90 Å². The highest BCUT2D eigenvalue weighted by Crippen LogP contribution is 2.47. The fourth-order valence-corrected chi connectivity index (χ4v) is 6.01. The van der Waals surface area contributed by atoms with Gasteiger partial charge in [0.1, 0.15) is 12.0 Å². The van der Waals surface area contributed by atoms with Gasteiger partial charge in [-0.1, -0.05) is 30.3 Å². The smallest absolute Gasteiger partial charge is 0.257 e. The molecule has 1 aromatic carbocycles. The molecule has 31 heavy (non-hydrogen) atoms. The quantitative estimate of drug-likeness (QED) is 0.594. The van der Waals surface area contributed by atoms with Crippen molar-refractivity contribution >= 4 is 23.1 Å². The summed E-state index contributed by atoms with van der Waals surface area (Å²) in [6, 6.07) is 16.9. The van der Waals surface area contributed by atoms with Crippen molar-refractivity contribution in [2.45, 2.75) is 43.6 Å². The summed E-state index contributed by atoms with van der Waals surface area (Å²) in [5, 5.41) is 4.25. The summed E-state index contributed by atoms with van der Waals surface area (Å²) >= 11 is 1.70. The Kier molecular flexibility index (Phi) is 4.58. The predicted molar refractivity (Wildman–Crippen MR) is 122 cm³/mol. The summed E-state index contributed by atoms with van der Waals surface area (Å²) in [5.74, 6) is 1.16. The molecule has 6 rings (SSSR count). The van der Waals surface area contributed by atoms with Crippen LogP contribution in [0.25, 0.3) is 11.1 Å². The molecule has 5 heterocycles. The molecule has 3 aliphatic heterocycles. The molecule has 158 valence electrons. The maximum Gasteiger partial charge on any atom is 0.257 e. The maximum absolute atomic E-state index is 13.6. The third-order valence-corrected chi connectivity index (χ3v) is 7.68. The number of hydrogen-bond donors (Lipinski definition) is 0. The highest BCUT2D eigenvalue weighted by Gasteiger charge is 2.57. The minimum Gasteiger partial charge on any atom is -0.356 e. The minimum atomic E-state index is -0.667. The van der Waals surface area contributed by atoms with E-state index in [9.17, 15) is 4.79 Å². The number of carbonyl (C=O) groups excluding carboxylic acids is 1. The van der Waals surface area contributed by atoms with Crippen LogP contribution in [0.3, 0.4) is 0 Å². The summed E-state index contributed by atoms with van der Waals surface area (Å²) in [5.41, 5.74) is 2.96. The second-order valence-corrected chi connectivity index (χ2v) is 9.46. The lowest BCUT2D eigenvalue weighted by Gasteiger charge is -2.38. The number of carbonyl (C=O) groups is 1. The van der Waals surface area contributed by atoms with Gasteiger partial charge in [-0.05, 0) is 58.5 Å². The van der Waals surface area contributed by atoms with Gasteiger partial charge in [0.15, 0.2) is 5.60 Å². The lowest BCUT2D eigenvalue weighted by molar-refractivity contribution is -0.140. The Labute approximate surface area is 186 Å². The molecule has 3 saturated heterocycles. The van der Waals surface area contributed by atoms with Crippen molar-refractivity contribution in [3.63, 3.8) is 0 Å². The van der Waals surface area contributed by atoms with Gasteiger partial charge in [-0.25, -0.2) is 4.98 Å². The zero-order valence-corrected chi connectivity index (χ0v) is 18.1. The first-order chi connectivity index (χ1) is 15.2. The molecule has 2 aromatic heterocycles. The Bertz CT molecular complexity index is 1080. The number of piperidine rings is 1. The van der Waals surface area contributed by atoms with E-state index >= 15 is 0 Å². The van der Waals surface area contributed by atoms with Crippen molar-refractivity contribution in [1.29, 1.82) is 0 Å². The van der Waals surface area contributed by atoms with Crippen molar-refractivity contribution in [3.8, 4) is 11.1 Å². The van der Waals surface area contributed by atoms with Crippen molar-refractivity contribution in [3.05, 3.63) is 71.1 Å². The number of aromatic nitrogens is 1. The molecule has 0 aliphatic carbocycles. The first-order valence-electron chi connectivity index (χ1n) is 11.0. The monoisotopic (exact) mass is 431 g/mol. The van der Waals surface area contributed by atoms with Crippen LogP contribution >= 0.6 is 11.3 Å². The third-order valence-electron chi connectivity index (χ3n) is 7.00. The number of hydrogen-bond acceptors (Lipinski definition) is 5. The maximum atomic E-state index is 13.6. The predicted octanol–water partition coefficient (Wildman–Crippen LogP) is 4.87. The van der Waals surface area contributed by atoms with Gasteiger partial charge in [-0.2, -0.15) is 11.3 Å². The Hall–Kier alpha value is -2.70. The lowest BCUT2D eigenvalue weighted by atomic mass is 9.89. The number of pyridine rings is 1. The molecule has 0 saturated carbocycles. The molecule has 0 unspecified atom stereocenters. The van der Waals surface area contributed by atoms with Gasteiger partial charge in [0.2, 0.25) is 0 Å². The Morgan fingerprint density at radius 1 is 1.03 bits per heavy atom. The molecular formula is C25H25N3O2S. The molecule has 0 N–H and O–H groups in total. The van der Waals surface area contributed by atoms with E-state index in [0.717, 1.165) is 31.7 Å². The summed E-state index contributed by atoms with van der Waals surface area (Å²) in [4.78, 5) is 22.5. The number of anilines is 1. The van der Waals surface area contributed by atoms with E-state index in [1.54, 1.807) is 11.3 Å². The Morgan fingerprint density at radius 2 is 1.87 bits per heavy atom. The molecule has 3 aliphatic rings. The summed E-state index contributed by atoms with van der Waals surface area (Å²) in [6.07, 6.45) is 5.12. The van der Waals surface area contributed by atoms with E-state index in [2.05, 4.69) is 63.1 Å². The third kappa shape index (κ3) is 3.17. The number of amides is 1. The van der Waals surface area contributed by atoms with Gasteiger partial charge in [-0.15, -0.1) is 0 Å². The van der Waals surface area contributed by atoms with E-state index in [-0.39, 0.29) is 18.2 Å². The lowest BCUT2D eigenvalue weighted by Crippen LogP contribution is -2.50. The summed E-state index contributed by atoms with van der Waals surface area (Å²) < 4.78 is 6.48. The van der Waals surface area contributed by atoms with Gasteiger partial charge in [0.05, 0.1) is 6.04 Å². The van der Waals surface area contributed by atoms with Gasteiger partial charge >= 0.3 is 0 Å². The molecule has 3 aromatic rings. The summed E-state index contributed by atoms with van der Waals surface area (Å²) in [6.45, 7) is 1.56. The molecule has 2 atom stereocenters. The number of nitrogens with zero attached hydrogens (tertiary/aromatic N) is 3. The van der Waals surface area contributed by atoms with E-state index < -0.39 is 5.60 Å². The molecule has 1 amide bonds. The Balaban J connectivity index is 1.19. The minimum absolute atomic E-state index is 0.0794. The molecule has 1 spiro atoms. The van der Waals surface area contributed by atoms with E-state index in [4.69, 9.17) is 4.74 Å². The number of ether oxygens (including phenoxy) is 1. The van der Waals surface area contributed by atoms with Crippen molar-refractivity contribution in [1.82, 2.24) is 9.88 Å². The highest BCUT2D eigenvalue weighted by molar-refractivity contribution is 7.08. The zero-order valence-electron chi connectivity index (χ0n) is 17.3. The molecule has 3 fully saturated rings. The average molecular weight is 432 g/mol. The van der Waals surface area contributed by atoms with Crippen molar-refractivity contribution < 1.29 is 9.53 Å². The van der Waals surface area contributed by atoms with Crippen LogP contribution in [0.4, 0.5) is 5.82 Å². The van der Waals surface area contributed by atoms with Crippen LogP contribution in [-0.2, 0) is 9.53 Å². The second kappa shape index (κ2) is 7.46.